The summed E-state index contributed by atoms with van der Waals surface area (Å²) in [7, 11) is 1.96. The molecule has 9 heteroatoms. The Hall–Kier alpha value is -2.65. The number of nitrogens with zero attached hydrogens (tertiary/aromatic N) is 6. The third-order valence-corrected chi connectivity index (χ3v) is 6.62. The fraction of sp³-hybridized carbons (Fsp3) is 0.450. The van der Waals surface area contributed by atoms with Crippen molar-refractivity contribution in [3.8, 4) is 11.3 Å². The zero-order valence-electron chi connectivity index (χ0n) is 16.5. The molecule has 1 atom stereocenters. The van der Waals surface area contributed by atoms with Crippen LogP contribution in [0.25, 0.3) is 11.3 Å². The van der Waals surface area contributed by atoms with Crippen LogP contribution in [0.4, 0.5) is 5.13 Å². The summed E-state index contributed by atoms with van der Waals surface area (Å²) in [5, 5.41) is 5.08. The van der Waals surface area contributed by atoms with Crippen LogP contribution >= 0.6 is 11.3 Å². The molecule has 3 aromatic rings. The van der Waals surface area contributed by atoms with E-state index in [9.17, 15) is 4.79 Å². The highest BCUT2D eigenvalue weighted by molar-refractivity contribution is 7.16. The summed E-state index contributed by atoms with van der Waals surface area (Å²) in [5.74, 6) is -0.189. The molecular formula is C20H22N6O2S. The third-order valence-electron chi connectivity index (χ3n) is 5.48. The molecule has 150 valence electrons. The second kappa shape index (κ2) is 7.31. The number of hydrogen-bond acceptors (Lipinski definition) is 7. The van der Waals surface area contributed by atoms with E-state index in [1.165, 1.54) is 16.8 Å². The van der Waals surface area contributed by atoms with Crippen LogP contribution < -0.4 is 4.90 Å². The molecule has 1 amide bonds. The first kappa shape index (κ1) is 18.4. The molecule has 0 bridgehead atoms. The van der Waals surface area contributed by atoms with Gasteiger partial charge in [0.05, 0.1) is 36.4 Å². The van der Waals surface area contributed by atoms with E-state index in [1.807, 2.05) is 24.9 Å². The van der Waals surface area contributed by atoms with Gasteiger partial charge in [-0.25, -0.2) is 9.97 Å². The maximum Gasteiger partial charge on any atom is 0.280 e. The number of thiazole rings is 1. The number of carbonyl (C=O) groups is 1. The molecule has 0 N–H and O–H groups in total. The molecule has 29 heavy (non-hydrogen) atoms. The molecule has 5 rings (SSSR count). The first-order valence-electron chi connectivity index (χ1n) is 9.83. The minimum atomic E-state index is -0.189. The summed E-state index contributed by atoms with van der Waals surface area (Å²) in [6, 6.07) is 0. The van der Waals surface area contributed by atoms with Crippen LogP contribution in [-0.2, 0) is 24.6 Å². The first-order valence-corrected chi connectivity index (χ1v) is 10.6. The molecule has 2 aliphatic rings. The smallest absolute Gasteiger partial charge is 0.280 e. The van der Waals surface area contributed by atoms with Gasteiger partial charge < -0.3 is 4.74 Å². The van der Waals surface area contributed by atoms with Crippen LogP contribution in [0.3, 0.4) is 0 Å². The van der Waals surface area contributed by atoms with Gasteiger partial charge in [0.25, 0.3) is 5.91 Å². The molecule has 1 aliphatic heterocycles. The van der Waals surface area contributed by atoms with Crippen molar-refractivity contribution in [1.82, 2.24) is 24.7 Å². The minimum absolute atomic E-state index is 0.0206. The summed E-state index contributed by atoms with van der Waals surface area (Å²) in [6.07, 6.45) is 8.85. The van der Waals surface area contributed by atoms with Crippen LogP contribution in [-0.4, -0.2) is 49.9 Å². The molecule has 0 saturated carbocycles. The molecular weight excluding hydrogens is 388 g/mol. The average Bonchev–Trinajstić information content (AvgIpc) is 3.46. The van der Waals surface area contributed by atoms with Crippen LogP contribution in [0, 0.1) is 6.92 Å². The number of aromatic nitrogens is 5. The van der Waals surface area contributed by atoms with Gasteiger partial charge in [-0.1, -0.05) is 0 Å². The molecule has 3 aromatic heterocycles. The van der Waals surface area contributed by atoms with Crippen LogP contribution in [0.5, 0.6) is 0 Å². The van der Waals surface area contributed by atoms with E-state index in [-0.39, 0.29) is 12.0 Å². The maximum absolute atomic E-state index is 13.3. The molecule has 0 aromatic carbocycles. The predicted octanol–water partition coefficient (Wildman–Crippen LogP) is 2.57. The largest absolute Gasteiger partial charge is 0.376 e. The lowest BCUT2D eigenvalue weighted by molar-refractivity contribution is 0.0913. The summed E-state index contributed by atoms with van der Waals surface area (Å²) in [6.45, 7) is 3.07. The summed E-state index contributed by atoms with van der Waals surface area (Å²) in [5.41, 5.74) is 4.30. The fourth-order valence-corrected chi connectivity index (χ4v) is 4.99. The van der Waals surface area contributed by atoms with E-state index in [2.05, 4.69) is 15.1 Å². The number of rotatable bonds is 4. The number of amides is 1. The van der Waals surface area contributed by atoms with Crippen molar-refractivity contribution in [2.45, 2.75) is 38.7 Å². The predicted molar refractivity (Wildman–Crippen MR) is 109 cm³/mol. The number of ether oxygens (including phenoxy) is 1. The topological polar surface area (TPSA) is 86.0 Å². The minimum Gasteiger partial charge on any atom is -0.376 e. The lowest BCUT2D eigenvalue weighted by Crippen LogP contribution is -2.38. The van der Waals surface area contributed by atoms with Crippen molar-refractivity contribution in [3.05, 3.63) is 40.5 Å². The number of carbonyl (C=O) groups excluding carboxylic acids is 1. The summed E-state index contributed by atoms with van der Waals surface area (Å²) >= 11 is 1.58. The van der Waals surface area contributed by atoms with Gasteiger partial charge in [0, 0.05) is 36.0 Å². The lowest BCUT2D eigenvalue weighted by atomic mass is 10.0. The monoisotopic (exact) mass is 410 g/mol. The SMILES string of the molecule is Cc1cnc(C(=O)N(C[C@@H]2CCCO2)c2nc3c(s2)CCc2c-3cnn2C)cn1. The third kappa shape index (κ3) is 3.34. The standard InChI is InChI=1S/C20H22N6O2S/c1-12-8-22-15(10-21-12)19(27)26(11-13-4-3-7-28-13)20-24-18-14-9-23-25(2)16(14)5-6-17(18)29-20/h8-10,13H,3-7,11H2,1-2H3/t13-/m0/s1. The van der Waals surface area contributed by atoms with Gasteiger partial charge in [0.1, 0.15) is 5.69 Å². The zero-order chi connectivity index (χ0) is 20.0. The van der Waals surface area contributed by atoms with Crippen LogP contribution in [0.15, 0.2) is 18.6 Å². The Morgan fingerprint density at radius 2 is 2.21 bits per heavy atom. The molecule has 1 saturated heterocycles. The van der Waals surface area contributed by atoms with E-state index in [1.54, 1.807) is 22.4 Å². The lowest BCUT2D eigenvalue weighted by Gasteiger charge is -2.22. The highest BCUT2D eigenvalue weighted by atomic mass is 32.1. The van der Waals surface area contributed by atoms with Gasteiger partial charge in [0.15, 0.2) is 5.13 Å². The Morgan fingerprint density at radius 3 is 2.97 bits per heavy atom. The van der Waals surface area contributed by atoms with Gasteiger partial charge in [0.2, 0.25) is 0 Å². The molecule has 0 spiro atoms. The quantitative estimate of drug-likeness (QED) is 0.657. The van der Waals surface area contributed by atoms with E-state index in [4.69, 9.17) is 9.72 Å². The highest BCUT2D eigenvalue weighted by Gasteiger charge is 2.31. The first-order chi connectivity index (χ1) is 14.1. The Balaban J connectivity index is 1.52. The number of aryl methyl sites for hydroxylation is 3. The van der Waals surface area contributed by atoms with E-state index >= 15 is 0 Å². The Morgan fingerprint density at radius 1 is 1.31 bits per heavy atom. The Kier molecular flexibility index (Phi) is 4.63. The van der Waals surface area contributed by atoms with Gasteiger partial charge in [-0.05, 0) is 32.6 Å². The highest BCUT2D eigenvalue weighted by Crippen LogP contribution is 2.39. The van der Waals surface area contributed by atoms with Crippen molar-refractivity contribution in [3.63, 3.8) is 0 Å². The van der Waals surface area contributed by atoms with Crippen LogP contribution in [0.1, 0.15) is 39.6 Å². The van der Waals surface area contributed by atoms with Crippen molar-refractivity contribution < 1.29 is 9.53 Å². The normalized spacial score (nSPS) is 17.8. The maximum atomic E-state index is 13.3. The van der Waals surface area contributed by atoms with E-state index in [0.717, 1.165) is 49.2 Å². The Bertz CT molecular complexity index is 1050. The van der Waals surface area contributed by atoms with E-state index < -0.39 is 0 Å². The van der Waals surface area contributed by atoms with Gasteiger partial charge in [-0.2, -0.15) is 5.10 Å². The van der Waals surface area contributed by atoms with Gasteiger partial charge >= 0.3 is 0 Å². The molecule has 0 unspecified atom stereocenters. The molecule has 0 radical (unpaired) electrons. The molecule has 1 fully saturated rings. The number of fused-ring (bicyclic) bond motifs is 3. The van der Waals surface area contributed by atoms with Crippen molar-refractivity contribution in [1.29, 1.82) is 0 Å². The second-order valence-electron chi connectivity index (χ2n) is 7.49. The molecule has 8 nitrogen and oxygen atoms in total. The van der Waals surface area contributed by atoms with Crippen molar-refractivity contribution in [2.24, 2.45) is 7.05 Å². The van der Waals surface area contributed by atoms with Crippen molar-refractivity contribution >= 4 is 22.4 Å². The number of anilines is 1. The van der Waals surface area contributed by atoms with Gasteiger partial charge in [-0.3, -0.25) is 19.4 Å². The Labute approximate surface area is 172 Å². The fourth-order valence-electron chi connectivity index (χ4n) is 3.90. The second-order valence-corrected chi connectivity index (χ2v) is 8.55. The average molecular weight is 411 g/mol. The van der Waals surface area contributed by atoms with Gasteiger partial charge in [-0.15, -0.1) is 11.3 Å². The molecule has 1 aliphatic carbocycles. The summed E-state index contributed by atoms with van der Waals surface area (Å²) < 4.78 is 7.72. The van der Waals surface area contributed by atoms with Crippen molar-refractivity contribution in [2.75, 3.05) is 18.1 Å². The van der Waals surface area contributed by atoms with Crippen LogP contribution in [0.2, 0.25) is 0 Å². The summed E-state index contributed by atoms with van der Waals surface area (Å²) in [4.78, 5) is 29.6. The molecule has 4 heterocycles. The van der Waals surface area contributed by atoms with E-state index in [0.29, 0.717) is 17.4 Å². The number of hydrogen-bond donors (Lipinski definition) is 0. The zero-order valence-corrected chi connectivity index (χ0v) is 17.3.